The van der Waals surface area contributed by atoms with Crippen LogP contribution in [0.15, 0.2) is 11.6 Å². The van der Waals surface area contributed by atoms with E-state index in [-0.39, 0.29) is 12.4 Å². The molecule has 1 N–H and O–H groups in total. The zero-order valence-electron chi connectivity index (χ0n) is 7.25. The molecule has 0 radical (unpaired) electrons. The number of carbonyl (C=O) groups excluding carboxylic acids is 1. The Morgan fingerprint density at radius 1 is 1.83 bits per heavy atom. The highest BCUT2D eigenvalue weighted by Gasteiger charge is 2.17. The van der Waals surface area contributed by atoms with Crippen LogP contribution in [0, 0.1) is 0 Å². The van der Waals surface area contributed by atoms with Crippen molar-refractivity contribution in [2.24, 2.45) is 0 Å². The van der Waals surface area contributed by atoms with Crippen LogP contribution in [0.3, 0.4) is 0 Å². The highest BCUT2D eigenvalue weighted by atomic mass is 16.5. The molecule has 68 valence electrons. The second kappa shape index (κ2) is 4.26. The Bertz CT molecular complexity index is 196. The van der Waals surface area contributed by atoms with E-state index in [1.165, 1.54) is 7.11 Å². The first-order valence-corrected chi connectivity index (χ1v) is 4.18. The normalized spacial score (nSPS) is 23.2. The lowest BCUT2D eigenvalue weighted by molar-refractivity contribution is -0.140. The van der Waals surface area contributed by atoms with Crippen molar-refractivity contribution in [1.82, 2.24) is 0 Å². The molecule has 0 bridgehead atoms. The van der Waals surface area contributed by atoms with Crippen molar-refractivity contribution in [2.45, 2.75) is 31.8 Å². The SMILES string of the molecule is COC(=O)CC1=CCCCC1O. The molecule has 0 fully saturated rings. The molecular formula is C9H14O3. The van der Waals surface area contributed by atoms with Gasteiger partial charge < -0.3 is 9.84 Å². The Balaban J connectivity index is 2.49. The summed E-state index contributed by atoms with van der Waals surface area (Å²) < 4.78 is 4.51. The molecule has 1 rings (SSSR count). The second-order valence-electron chi connectivity index (χ2n) is 2.98. The van der Waals surface area contributed by atoms with Crippen molar-refractivity contribution in [3.8, 4) is 0 Å². The van der Waals surface area contributed by atoms with Gasteiger partial charge in [0, 0.05) is 0 Å². The van der Waals surface area contributed by atoms with Crippen molar-refractivity contribution in [3.05, 3.63) is 11.6 Å². The molecule has 3 nitrogen and oxygen atoms in total. The fourth-order valence-electron chi connectivity index (χ4n) is 1.35. The Kier molecular flexibility index (Phi) is 3.29. The molecule has 0 saturated heterocycles. The first-order chi connectivity index (χ1) is 5.74. The highest BCUT2D eigenvalue weighted by molar-refractivity contribution is 5.72. The molecule has 1 atom stereocenters. The van der Waals surface area contributed by atoms with Gasteiger partial charge in [-0.25, -0.2) is 0 Å². The summed E-state index contributed by atoms with van der Waals surface area (Å²) >= 11 is 0. The lowest BCUT2D eigenvalue weighted by atomic mass is 9.94. The standard InChI is InChI=1S/C9H14O3/c1-12-9(11)6-7-4-2-3-5-8(7)10/h4,8,10H,2-3,5-6H2,1H3. The van der Waals surface area contributed by atoms with Crippen molar-refractivity contribution in [1.29, 1.82) is 0 Å². The Morgan fingerprint density at radius 2 is 2.58 bits per heavy atom. The van der Waals surface area contributed by atoms with Gasteiger partial charge in [-0.3, -0.25) is 4.79 Å². The van der Waals surface area contributed by atoms with Crippen molar-refractivity contribution >= 4 is 5.97 Å². The average Bonchev–Trinajstić information content (AvgIpc) is 2.09. The van der Waals surface area contributed by atoms with E-state index in [0.717, 1.165) is 24.8 Å². The van der Waals surface area contributed by atoms with Gasteiger partial charge in [0.15, 0.2) is 0 Å². The summed E-state index contributed by atoms with van der Waals surface area (Å²) in [5, 5.41) is 9.44. The van der Waals surface area contributed by atoms with Crippen LogP contribution < -0.4 is 0 Å². The number of hydrogen-bond donors (Lipinski definition) is 1. The third-order valence-corrected chi connectivity index (χ3v) is 2.09. The summed E-state index contributed by atoms with van der Waals surface area (Å²) in [5.74, 6) is -0.276. The number of aliphatic hydroxyl groups is 1. The fourth-order valence-corrected chi connectivity index (χ4v) is 1.35. The lowest BCUT2D eigenvalue weighted by Crippen LogP contribution is -2.17. The topological polar surface area (TPSA) is 46.5 Å². The maximum atomic E-state index is 10.9. The van der Waals surface area contributed by atoms with Crippen molar-refractivity contribution in [2.75, 3.05) is 7.11 Å². The van der Waals surface area contributed by atoms with Gasteiger partial charge in [-0.05, 0) is 24.8 Å². The van der Waals surface area contributed by atoms with Crippen LogP contribution in [0.4, 0.5) is 0 Å². The molecule has 0 amide bonds. The van der Waals surface area contributed by atoms with Gasteiger partial charge in [0.2, 0.25) is 0 Å². The Morgan fingerprint density at radius 3 is 3.17 bits per heavy atom. The van der Waals surface area contributed by atoms with Crippen molar-refractivity contribution in [3.63, 3.8) is 0 Å². The summed E-state index contributed by atoms with van der Waals surface area (Å²) in [6, 6.07) is 0. The zero-order chi connectivity index (χ0) is 8.97. The largest absolute Gasteiger partial charge is 0.469 e. The third kappa shape index (κ3) is 2.34. The van der Waals surface area contributed by atoms with Gasteiger partial charge in [-0.15, -0.1) is 0 Å². The monoisotopic (exact) mass is 170 g/mol. The summed E-state index contributed by atoms with van der Waals surface area (Å²) in [6.07, 6.45) is 4.47. The molecule has 1 aliphatic rings. The van der Waals surface area contributed by atoms with Gasteiger partial charge in [-0.1, -0.05) is 6.08 Å². The minimum absolute atomic E-state index is 0.234. The number of methoxy groups -OCH3 is 1. The van der Waals surface area contributed by atoms with Crippen LogP contribution in [0.1, 0.15) is 25.7 Å². The molecule has 0 aliphatic heterocycles. The molecule has 1 aliphatic carbocycles. The van der Waals surface area contributed by atoms with Crippen LogP contribution in [0.2, 0.25) is 0 Å². The molecule has 3 heteroatoms. The highest BCUT2D eigenvalue weighted by Crippen LogP contribution is 2.20. The van der Waals surface area contributed by atoms with Gasteiger partial charge >= 0.3 is 5.97 Å². The summed E-state index contributed by atoms with van der Waals surface area (Å²) in [7, 11) is 1.36. The smallest absolute Gasteiger partial charge is 0.309 e. The zero-order valence-corrected chi connectivity index (χ0v) is 7.25. The summed E-state index contributed by atoms with van der Waals surface area (Å²) in [4.78, 5) is 10.9. The molecule has 0 aromatic heterocycles. The molecule has 0 aromatic carbocycles. The lowest BCUT2D eigenvalue weighted by Gasteiger charge is -2.18. The molecule has 1 unspecified atom stereocenters. The van der Waals surface area contributed by atoms with E-state index < -0.39 is 6.10 Å². The molecule has 0 spiro atoms. The summed E-state index contributed by atoms with van der Waals surface area (Å²) in [5.41, 5.74) is 0.813. The predicted octanol–water partition coefficient (Wildman–Crippen LogP) is 1.02. The van der Waals surface area contributed by atoms with E-state index >= 15 is 0 Å². The number of aliphatic hydroxyl groups excluding tert-OH is 1. The first kappa shape index (κ1) is 9.26. The van der Waals surface area contributed by atoms with Gasteiger partial charge in [0.25, 0.3) is 0 Å². The second-order valence-corrected chi connectivity index (χ2v) is 2.98. The number of esters is 1. The minimum Gasteiger partial charge on any atom is -0.469 e. The molecule has 0 heterocycles. The summed E-state index contributed by atoms with van der Waals surface area (Å²) in [6.45, 7) is 0. The number of allylic oxidation sites excluding steroid dienone is 1. The van der Waals surface area contributed by atoms with Gasteiger partial charge in [-0.2, -0.15) is 0 Å². The molecule has 0 saturated carbocycles. The van der Waals surface area contributed by atoms with E-state index in [1.807, 2.05) is 6.08 Å². The van der Waals surface area contributed by atoms with Crippen LogP contribution in [0.5, 0.6) is 0 Å². The van der Waals surface area contributed by atoms with Crippen LogP contribution in [-0.2, 0) is 9.53 Å². The van der Waals surface area contributed by atoms with Crippen LogP contribution in [0.25, 0.3) is 0 Å². The van der Waals surface area contributed by atoms with E-state index in [0.29, 0.717) is 0 Å². The van der Waals surface area contributed by atoms with E-state index in [1.54, 1.807) is 0 Å². The first-order valence-electron chi connectivity index (χ1n) is 4.18. The number of carbonyl (C=O) groups is 1. The van der Waals surface area contributed by atoms with Crippen molar-refractivity contribution < 1.29 is 14.6 Å². The maximum Gasteiger partial charge on any atom is 0.309 e. The number of ether oxygens (including phenoxy) is 1. The van der Waals surface area contributed by atoms with E-state index in [9.17, 15) is 9.90 Å². The molecule has 0 aromatic rings. The maximum absolute atomic E-state index is 10.9. The fraction of sp³-hybridized carbons (Fsp3) is 0.667. The Hall–Kier alpha value is -0.830. The average molecular weight is 170 g/mol. The third-order valence-electron chi connectivity index (χ3n) is 2.09. The molecular weight excluding hydrogens is 156 g/mol. The van der Waals surface area contributed by atoms with Gasteiger partial charge in [0.05, 0.1) is 19.6 Å². The quantitative estimate of drug-likeness (QED) is 0.497. The predicted molar refractivity (Wildman–Crippen MR) is 44.6 cm³/mol. The van der Waals surface area contributed by atoms with E-state index in [2.05, 4.69) is 4.74 Å². The van der Waals surface area contributed by atoms with Gasteiger partial charge in [0.1, 0.15) is 0 Å². The van der Waals surface area contributed by atoms with E-state index in [4.69, 9.17) is 0 Å². The number of rotatable bonds is 2. The Labute approximate surface area is 72.0 Å². The number of hydrogen-bond acceptors (Lipinski definition) is 3. The molecule has 12 heavy (non-hydrogen) atoms. The minimum atomic E-state index is -0.433. The van der Waals surface area contributed by atoms with Crippen LogP contribution in [-0.4, -0.2) is 24.3 Å². The van der Waals surface area contributed by atoms with Crippen LogP contribution >= 0.6 is 0 Å².